The highest BCUT2D eigenvalue weighted by Gasteiger charge is 2.35. The summed E-state index contributed by atoms with van der Waals surface area (Å²) in [6.45, 7) is 5.33. The van der Waals surface area contributed by atoms with Crippen LogP contribution in [0.2, 0.25) is 0 Å². The van der Waals surface area contributed by atoms with Gasteiger partial charge in [0, 0.05) is 13.0 Å². The molecule has 1 unspecified atom stereocenters. The number of hydrogen-bond donors (Lipinski definition) is 1. The van der Waals surface area contributed by atoms with Crippen LogP contribution in [0, 0.1) is 0 Å². The van der Waals surface area contributed by atoms with Crippen LogP contribution < -0.4 is 5.32 Å². The third-order valence-corrected chi connectivity index (χ3v) is 2.41. The van der Waals surface area contributed by atoms with E-state index in [2.05, 4.69) is 16.6 Å². The molecule has 0 aromatic carbocycles. The number of halogens is 3. The fourth-order valence-corrected chi connectivity index (χ4v) is 1.43. The van der Waals surface area contributed by atoms with Gasteiger partial charge in [-0.2, -0.15) is 13.2 Å². The van der Waals surface area contributed by atoms with E-state index in [0.29, 0.717) is 6.54 Å². The van der Waals surface area contributed by atoms with Crippen LogP contribution in [0.15, 0.2) is 12.7 Å². The summed E-state index contributed by atoms with van der Waals surface area (Å²) < 4.78 is 40.6. The molecule has 0 spiro atoms. The molecule has 0 aromatic rings. The summed E-state index contributed by atoms with van der Waals surface area (Å²) in [4.78, 5) is 11.5. The zero-order valence-corrected chi connectivity index (χ0v) is 10.1. The van der Waals surface area contributed by atoms with Crippen LogP contribution in [0.4, 0.5) is 13.2 Å². The molecule has 0 fully saturated rings. The lowest BCUT2D eigenvalue weighted by Crippen LogP contribution is -2.50. The van der Waals surface area contributed by atoms with E-state index >= 15 is 0 Å². The number of carbonyl (C=O) groups excluding carboxylic acids is 1. The van der Waals surface area contributed by atoms with Gasteiger partial charge in [0.15, 0.2) is 0 Å². The summed E-state index contributed by atoms with van der Waals surface area (Å²) >= 11 is 0. The van der Waals surface area contributed by atoms with Crippen molar-refractivity contribution < 1.29 is 22.7 Å². The van der Waals surface area contributed by atoms with Crippen LogP contribution in [-0.4, -0.2) is 31.3 Å². The highest BCUT2D eigenvalue weighted by atomic mass is 19.4. The second-order valence-corrected chi connectivity index (χ2v) is 3.96. The molecule has 0 radical (unpaired) electrons. The molecule has 0 aliphatic rings. The highest BCUT2D eigenvalue weighted by molar-refractivity contribution is 5.80. The molecule has 0 aliphatic carbocycles. The number of hydrogen-bond acceptors (Lipinski definition) is 3. The molecule has 100 valence electrons. The maximum absolute atomic E-state index is 12.0. The van der Waals surface area contributed by atoms with Gasteiger partial charge < -0.3 is 4.74 Å². The number of rotatable bonds is 7. The first kappa shape index (κ1) is 16.0. The Morgan fingerprint density at radius 3 is 2.41 bits per heavy atom. The quantitative estimate of drug-likeness (QED) is 0.559. The van der Waals surface area contributed by atoms with Crippen molar-refractivity contribution in [3.05, 3.63) is 12.7 Å². The number of nitrogens with one attached hydrogen (secondary N) is 1. The van der Waals surface area contributed by atoms with Crippen LogP contribution in [-0.2, 0) is 9.53 Å². The third-order valence-electron chi connectivity index (χ3n) is 2.41. The lowest BCUT2D eigenvalue weighted by molar-refractivity contribution is -0.150. The van der Waals surface area contributed by atoms with Gasteiger partial charge in [0.1, 0.15) is 5.54 Å². The number of esters is 1. The Hall–Kier alpha value is -1.04. The van der Waals surface area contributed by atoms with E-state index in [1.165, 1.54) is 20.1 Å². The van der Waals surface area contributed by atoms with Crippen molar-refractivity contribution in [3.63, 3.8) is 0 Å². The first-order valence-corrected chi connectivity index (χ1v) is 5.26. The van der Waals surface area contributed by atoms with E-state index in [-0.39, 0.29) is 12.8 Å². The van der Waals surface area contributed by atoms with Gasteiger partial charge in [0.2, 0.25) is 0 Å². The Bertz CT molecular complexity index is 266. The topological polar surface area (TPSA) is 38.3 Å². The number of alkyl halides is 3. The molecule has 3 nitrogen and oxygen atoms in total. The Labute approximate surface area is 99.0 Å². The first-order chi connectivity index (χ1) is 7.75. The predicted molar refractivity (Wildman–Crippen MR) is 58.5 cm³/mol. The monoisotopic (exact) mass is 253 g/mol. The van der Waals surface area contributed by atoms with Crippen LogP contribution in [0.3, 0.4) is 0 Å². The molecular formula is C11H18F3NO2. The summed E-state index contributed by atoms with van der Waals surface area (Å²) in [5, 5.41) is 2.82. The van der Waals surface area contributed by atoms with Gasteiger partial charge in [-0.15, -0.1) is 6.58 Å². The van der Waals surface area contributed by atoms with E-state index in [9.17, 15) is 18.0 Å². The number of carbonyl (C=O) groups is 1. The van der Waals surface area contributed by atoms with Crippen molar-refractivity contribution in [2.75, 3.05) is 13.7 Å². The maximum Gasteiger partial charge on any atom is 0.389 e. The third kappa shape index (κ3) is 6.31. The highest BCUT2D eigenvalue weighted by Crippen LogP contribution is 2.25. The molecule has 1 N–H and O–H groups in total. The van der Waals surface area contributed by atoms with Crippen molar-refractivity contribution >= 4 is 5.97 Å². The standard InChI is InChI=1S/C11H18F3NO2/c1-4-8-15-10(2,9(16)17-3)6-5-7-11(12,13)14/h4,15H,1,5-8H2,2-3H3. The lowest BCUT2D eigenvalue weighted by Gasteiger charge is -2.27. The van der Waals surface area contributed by atoms with E-state index < -0.39 is 24.1 Å². The summed E-state index contributed by atoms with van der Waals surface area (Å²) in [5.74, 6) is -0.568. The van der Waals surface area contributed by atoms with E-state index in [4.69, 9.17) is 0 Å². The zero-order chi connectivity index (χ0) is 13.5. The molecule has 0 rings (SSSR count). The van der Waals surface area contributed by atoms with Gasteiger partial charge in [-0.1, -0.05) is 6.08 Å². The maximum atomic E-state index is 12.0. The minimum Gasteiger partial charge on any atom is -0.468 e. The van der Waals surface area contributed by atoms with Crippen LogP contribution >= 0.6 is 0 Å². The second-order valence-electron chi connectivity index (χ2n) is 3.96. The largest absolute Gasteiger partial charge is 0.468 e. The van der Waals surface area contributed by atoms with E-state index in [1.807, 2.05) is 0 Å². The van der Waals surface area contributed by atoms with Crippen molar-refractivity contribution in [2.45, 2.75) is 37.9 Å². The summed E-state index contributed by atoms with van der Waals surface area (Å²) in [6.07, 6.45) is -3.64. The second kappa shape index (κ2) is 6.64. The predicted octanol–water partition coefficient (Wildman–Crippen LogP) is 2.43. The van der Waals surface area contributed by atoms with Gasteiger partial charge in [-0.3, -0.25) is 10.1 Å². The molecule has 0 amide bonds. The van der Waals surface area contributed by atoms with Crippen molar-refractivity contribution in [1.29, 1.82) is 0 Å². The molecule has 6 heteroatoms. The Balaban J connectivity index is 4.38. The number of methoxy groups -OCH3 is 1. The molecular weight excluding hydrogens is 235 g/mol. The summed E-state index contributed by atoms with van der Waals surface area (Å²) in [5.41, 5.74) is -1.10. The average Bonchev–Trinajstić information content (AvgIpc) is 2.23. The van der Waals surface area contributed by atoms with Gasteiger partial charge in [-0.25, -0.2) is 0 Å². The minimum atomic E-state index is -4.20. The molecule has 0 aromatic heterocycles. The zero-order valence-electron chi connectivity index (χ0n) is 10.1. The van der Waals surface area contributed by atoms with Gasteiger partial charge in [0.05, 0.1) is 7.11 Å². The lowest BCUT2D eigenvalue weighted by atomic mass is 9.94. The molecule has 0 saturated carbocycles. The summed E-state index contributed by atoms with van der Waals surface area (Å²) in [7, 11) is 1.21. The molecule has 1 atom stereocenters. The Morgan fingerprint density at radius 1 is 1.41 bits per heavy atom. The minimum absolute atomic E-state index is 0.0625. The van der Waals surface area contributed by atoms with Crippen LogP contribution in [0.1, 0.15) is 26.2 Å². The SMILES string of the molecule is C=CCNC(C)(CCCC(F)(F)F)C(=O)OC. The van der Waals surface area contributed by atoms with Gasteiger partial charge in [0.25, 0.3) is 0 Å². The van der Waals surface area contributed by atoms with Crippen LogP contribution in [0.25, 0.3) is 0 Å². The van der Waals surface area contributed by atoms with Gasteiger partial charge in [-0.05, 0) is 19.8 Å². The van der Waals surface area contributed by atoms with Crippen molar-refractivity contribution in [2.24, 2.45) is 0 Å². The molecule has 17 heavy (non-hydrogen) atoms. The molecule has 0 bridgehead atoms. The van der Waals surface area contributed by atoms with Gasteiger partial charge >= 0.3 is 12.1 Å². The van der Waals surface area contributed by atoms with Crippen molar-refractivity contribution in [1.82, 2.24) is 5.32 Å². The van der Waals surface area contributed by atoms with Crippen molar-refractivity contribution in [3.8, 4) is 0 Å². The fraction of sp³-hybridized carbons (Fsp3) is 0.727. The molecule has 0 saturated heterocycles. The summed E-state index contributed by atoms with van der Waals surface area (Å²) in [6, 6.07) is 0. The molecule has 0 heterocycles. The normalized spacial score (nSPS) is 15.1. The van der Waals surface area contributed by atoms with E-state index in [1.54, 1.807) is 0 Å². The number of ether oxygens (including phenoxy) is 1. The Kier molecular flexibility index (Phi) is 6.23. The van der Waals surface area contributed by atoms with E-state index in [0.717, 1.165) is 0 Å². The smallest absolute Gasteiger partial charge is 0.389 e. The fourth-order valence-electron chi connectivity index (χ4n) is 1.43. The van der Waals surface area contributed by atoms with Crippen LogP contribution in [0.5, 0.6) is 0 Å². The Morgan fingerprint density at radius 2 is 2.00 bits per heavy atom. The average molecular weight is 253 g/mol. The molecule has 0 aliphatic heterocycles. The first-order valence-electron chi connectivity index (χ1n) is 5.26.